The summed E-state index contributed by atoms with van der Waals surface area (Å²) in [5.41, 5.74) is -3.00. The van der Waals surface area contributed by atoms with Gasteiger partial charge < -0.3 is 24.4 Å². The third kappa shape index (κ3) is 4.51. The van der Waals surface area contributed by atoms with Gasteiger partial charge in [-0.05, 0) is 44.9 Å². The highest BCUT2D eigenvalue weighted by Gasteiger charge is 2.75. The van der Waals surface area contributed by atoms with E-state index in [1.54, 1.807) is 4.90 Å². The number of carbonyl (C=O) groups excluding carboxylic acids is 3. The zero-order chi connectivity index (χ0) is 28.3. The largest absolute Gasteiger partial charge is 0.465 e. The molecule has 2 saturated heterocycles. The number of fused-ring (bicyclic) bond motifs is 2. The Morgan fingerprint density at radius 2 is 1.76 bits per heavy atom. The van der Waals surface area contributed by atoms with Gasteiger partial charge in [-0.3, -0.25) is 14.4 Å². The van der Waals surface area contributed by atoms with Crippen molar-refractivity contribution in [2.45, 2.75) is 103 Å². The second kappa shape index (κ2) is 9.77. The Labute approximate surface area is 227 Å². The number of carbonyl (C=O) groups is 3. The van der Waals surface area contributed by atoms with Crippen molar-refractivity contribution in [3.05, 3.63) is 24.3 Å². The second-order valence-corrected chi connectivity index (χ2v) is 13.6. The Morgan fingerprint density at radius 1 is 1.08 bits per heavy atom. The van der Waals surface area contributed by atoms with Crippen molar-refractivity contribution in [3.8, 4) is 0 Å². The van der Waals surface area contributed by atoms with Crippen LogP contribution in [0.15, 0.2) is 24.3 Å². The lowest BCUT2D eigenvalue weighted by molar-refractivity contribution is -0.164. The topological polar surface area (TPSA) is 96.4 Å². The molecule has 0 aromatic heterocycles. The molecular formula is C30H46N2O6. The average Bonchev–Trinajstić information content (AvgIpc) is 3.11. The maximum atomic E-state index is 14.7. The van der Waals surface area contributed by atoms with Crippen LogP contribution in [-0.2, 0) is 23.9 Å². The van der Waals surface area contributed by atoms with Gasteiger partial charge in [0, 0.05) is 12.1 Å². The van der Waals surface area contributed by atoms with Gasteiger partial charge in [0.15, 0.2) is 0 Å². The van der Waals surface area contributed by atoms with Crippen LogP contribution < -0.4 is 0 Å². The molecule has 4 heterocycles. The quantitative estimate of drug-likeness (QED) is 0.417. The lowest BCUT2D eigenvalue weighted by atomic mass is 9.74. The maximum absolute atomic E-state index is 14.7. The first-order valence-corrected chi connectivity index (χ1v) is 14.1. The van der Waals surface area contributed by atoms with Crippen LogP contribution in [0.1, 0.15) is 74.7 Å². The van der Waals surface area contributed by atoms with Crippen molar-refractivity contribution in [3.63, 3.8) is 0 Å². The summed E-state index contributed by atoms with van der Waals surface area (Å²) in [6.07, 6.45) is 9.59. The molecule has 0 aliphatic carbocycles. The Hall–Kier alpha value is -2.19. The molecule has 0 bridgehead atoms. The molecule has 0 aromatic rings. The molecule has 1 N–H and O–H groups in total. The summed E-state index contributed by atoms with van der Waals surface area (Å²) in [4.78, 5) is 46.0. The number of rotatable bonds is 6. The number of hydrogen-bond donors (Lipinski definition) is 1. The number of likely N-dealkylation sites (tertiary alicyclic amines) is 1. The lowest BCUT2D eigenvalue weighted by Crippen LogP contribution is -2.62. The number of ether oxygens (including phenoxy) is 2. The summed E-state index contributed by atoms with van der Waals surface area (Å²) in [6, 6.07) is -1.59. The van der Waals surface area contributed by atoms with E-state index in [2.05, 4.69) is 34.6 Å². The lowest BCUT2D eigenvalue weighted by Gasteiger charge is -2.46. The standard InChI is InChI=1S/C30H46N2O6/c1-9-19(2)20(17-33)32-23-25(35)31(28(6,7)18-27(3,4)5)15-12-14-30(23)21(24(32)34)22-26(36)37-16-11-10-13-29(22,8)38-30/h10,12-14,19-23,33H,9,11,15-18H2,1-8H3/t19-,20-,21-,22+,23?,29-,30-/m0/s1. The third-order valence-corrected chi connectivity index (χ3v) is 9.00. The van der Waals surface area contributed by atoms with E-state index >= 15 is 0 Å². The van der Waals surface area contributed by atoms with Crippen LogP contribution in [0.4, 0.5) is 0 Å². The van der Waals surface area contributed by atoms with E-state index in [0.717, 1.165) is 12.8 Å². The van der Waals surface area contributed by atoms with E-state index in [1.165, 1.54) is 0 Å². The van der Waals surface area contributed by atoms with E-state index < -0.39 is 46.6 Å². The van der Waals surface area contributed by atoms with Crippen LogP contribution in [0, 0.1) is 23.2 Å². The SMILES string of the molecule is CC[C@H](C)[C@H](CO)N1C(=O)[C@@H]2[C@@H]3C(=O)OCCC=C[C@]3(C)O[C@@]23C=CCN(C(C)(C)CC(C)(C)C)C(=O)C13. The zero-order valence-electron chi connectivity index (χ0n) is 24.3. The minimum absolute atomic E-state index is 0.0348. The second-order valence-electron chi connectivity index (χ2n) is 13.6. The molecule has 4 rings (SSSR count). The Bertz CT molecular complexity index is 1030. The number of amides is 2. The number of esters is 1. The summed E-state index contributed by atoms with van der Waals surface area (Å²) in [7, 11) is 0. The van der Waals surface area contributed by atoms with Crippen LogP contribution in [0.25, 0.3) is 0 Å². The van der Waals surface area contributed by atoms with Crippen LogP contribution in [0.5, 0.6) is 0 Å². The summed E-state index contributed by atoms with van der Waals surface area (Å²) in [5, 5.41) is 10.5. The van der Waals surface area contributed by atoms with E-state index in [9.17, 15) is 19.5 Å². The number of cyclic esters (lactones) is 1. The number of aliphatic hydroxyl groups excluding tert-OH is 1. The molecule has 0 radical (unpaired) electrons. The highest BCUT2D eigenvalue weighted by atomic mass is 16.6. The molecule has 38 heavy (non-hydrogen) atoms. The number of aliphatic hydroxyl groups is 1. The van der Waals surface area contributed by atoms with E-state index in [1.807, 2.05) is 50.0 Å². The van der Waals surface area contributed by atoms with Crippen LogP contribution in [0.3, 0.4) is 0 Å². The Kier molecular flexibility index (Phi) is 7.41. The smallest absolute Gasteiger partial charge is 0.313 e. The van der Waals surface area contributed by atoms with Gasteiger partial charge >= 0.3 is 5.97 Å². The number of nitrogens with zero attached hydrogens (tertiary/aromatic N) is 2. The predicted molar refractivity (Wildman–Crippen MR) is 144 cm³/mol. The van der Waals surface area contributed by atoms with Gasteiger partial charge in [-0.2, -0.15) is 0 Å². The summed E-state index contributed by atoms with van der Waals surface area (Å²) in [6.45, 7) is 16.7. The predicted octanol–water partition coefficient (Wildman–Crippen LogP) is 3.48. The molecule has 8 heteroatoms. The van der Waals surface area contributed by atoms with Gasteiger partial charge in [-0.1, -0.05) is 65.3 Å². The van der Waals surface area contributed by atoms with Gasteiger partial charge in [0.05, 0.1) is 30.8 Å². The minimum atomic E-state index is -1.35. The van der Waals surface area contributed by atoms with E-state index in [-0.39, 0.29) is 36.4 Å². The van der Waals surface area contributed by atoms with Crippen molar-refractivity contribution >= 4 is 17.8 Å². The Morgan fingerprint density at radius 3 is 2.37 bits per heavy atom. The van der Waals surface area contributed by atoms with Gasteiger partial charge in [0.2, 0.25) is 11.8 Å². The molecule has 7 atom stereocenters. The zero-order valence-corrected chi connectivity index (χ0v) is 24.3. The molecule has 4 aliphatic rings. The average molecular weight is 531 g/mol. The van der Waals surface area contributed by atoms with Gasteiger partial charge in [0.1, 0.15) is 17.6 Å². The fourth-order valence-corrected chi connectivity index (χ4v) is 7.54. The summed E-state index contributed by atoms with van der Waals surface area (Å²) >= 11 is 0. The molecule has 8 nitrogen and oxygen atoms in total. The highest BCUT2D eigenvalue weighted by molar-refractivity contribution is 5.99. The summed E-state index contributed by atoms with van der Waals surface area (Å²) in [5.74, 6) is -2.92. The van der Waals surface area contributed by atoms with Crippen molar-refractivity contribution in [2.24, 2.45) is 23.2 Å². The van der Waals surface area contributed by atoms with E-state index in [0.29, 0.717) is 13.0 Å². The molecule has 4 aliphatic heterocycles. The highest BCUT2D eigenvalue weighted by Crippen LogP contribution is 2.58. The van der Waals surface area contributed by atoms with Crippen LogP contribution >= 0.6 is 0 Å². The fourth-order valence-electron chi connectivity index (χ4n) is 7.54. The maximum Gasteiger partial charge on any atom is 0.313 e. The molecule has 1 spiro atoms. The minimum Gasteiger partial charge on any atom is -0.465 e. The molecule has 2 amide bonds. The van der Waals surface area contributed by atoms with E-state index in [4.69, 9.17) is 9.47 Å². The van der Waals surface area contributed by atoms with Crippen molar-refractivity contribution in [2.75, 3.05) is 19.8 Å². The molecule has 2 fully saturated rings. The first-order chi connectivity index (χ1) is 17.6. The van der Waals surface area contributed by atoms with Crippen molar-refractivity contribution in [1.29, 1.82) is 0 Å². The van der Waals surface area contributed by atoms with Gasteiger partial charge in [-0.25, -0.2) is 0 Å². The summed E-state index contributed by atoms with van der Waals surface area (Å²) < 4.78 is 12.4. The van der Waals surface area contributed by atoms with Gasteiger partial charge in [0.25, 0.3) is 0 Å². The fraction of sp³-hybridized carbons (Fsp3) is 0.767. The molecule has 212 valence electrons. The molecular weight excluding hydrogens is 484 g/mol. The normalized spacial score (nSPS) is 35.2. The van der Waals surface area contributed by atoms with Gasteiger partial charge in [-0.15, -0.1) is 0 Å². The third-order valence-electron chi connectivity index (χ3n) is 9.00. The Balaban J connectivity index is 1.91. The van der Waals surface area contributed by atoms with Crippen molar-refractivity contribution in [1.82, 2.24) is 9.80 Å². The van der Waals surface area contributed by atoms with Crippen molar-refractivity contribution < 1.29 is 29.0 Å². The first kappa shape index (κ1) is 28.8. The molecule has 0 saturated carbocycles. The number of hydrogen-bond acceptors (Lipinski definition) is 6. The first-order valence-electron chi connectivity index (χ1n) is 14.1. The molecule has 0 aromatic carbocycles. The van der Waals surface area contributed by atoms with Crippen LogP contribution in [-0.4, -0.2) is 81.3 Å². The molecule has 1 unspecified atom stereocenters. The monoisotopic (exact) mass is 530 g/mol. The van der Waals surface area contributed by atoms with Crippen LogP contribution in [0.2, 0.25) is 0 Å².